The maximum absolute atomic E-state index is 14.0. The number of nitrogens with one attached hydrogen (secondary N) is 2. The number of anilines is 2. The molecule has 8 heteroatoms. The molecule has 0 spiro atoms. The van der Waals surface area contributed by atoms with Crippen molar-refractivity contribution in [3.63, 3.8) is 0 Å². The quantitative estimate of drug-likeness (QED) is 0.104. The van der Waals surface area contributed by atoms with Gasteiger partial charge in [-0.25, -0.2) is 0 Å². The van der Waals surface area contributed by atoms with Gasteiger partial charge in [-0.1, -0.05) is 64.1 Å². The zero-order chi connectivity index (χ0) is 39.5. The number of rotatable bonds is 7. The first-order valence-corrected chi connectivity index (χ1v) is 18.2. The number of hydrogen-bond acceptors (Lipinski definition) is 8. The van der Waals surface area contributed by atoms with Crippen LogP contribution in [0.5, 0.6) is 11.5 Å². The molecule has 0 heterocycles. The number of ketones is 2. The average Bonchev–Trinajstić information content (AvgIpc) is 3.10. The van der Waals surface area contributed by atoms with E-state index in [1.54, 1.807) is 13.8 Å². The zero-order valence-electron chi connectivity index (χ0n) is 32.5. The molecular weight excluding hydrogens is 677 g/mol. The van der Waals surface area contributed by atoms with Crippen molar-refractivity contribution in [2.75, 3.05) is 10.6 Å². The second kappa shape index (κ2) is 14.1. The Morgan fingerprint density at radius 2 is 0.870 bits per heavy atom. The second-order valence-electron chi connectivity index (χ2n) is 15.1. The normalized spacial score (nSPS) is 15.9. The molecule has 0 saturated carbocycles. The third kappa shape index (κ3) is 6.05. The molecule has 6 N–H and O–H groups in total. The Kier molecular flexibility index (Phi) is 9.84. The Hall–Kier alpha value is -6.02. The Balaban J connectivity index is 1.64. The molecule has 0 fully saturated rings. The van der Waals surface area contributed by atoms with Gasteiger partial charge < -0.3 is 31.1 Å². The number of fused-ring (bicyclic) bond motifs is 2. The van der Waals surface area contributed by atoms with E-state index >= 15 is 0 Å². The lowest BCUT2D eigenvalue weighted by molar-refractivity contribution is -0.113. The fourth-order valence-electron chi connectivity index (χ4n) is 7.74. The van der Waals surface area contributed by atoms with Crippen molar-refractivity contribution in [3.05, 3.63) is 128 Å². The van der Waals surface area contributed by atoms with Crippen molar-refractivity contribution < 1.29 is 30.0 Å². The smallest absolute Gasteiger partial charge is 0.229 e. The van der Waals surface area contributed by atoms with Crippen molar-refractivity contribution in [1.82, 2.24) is 0 Å². The molecule has 2 aliphatic carbocycles. The highest BCUT2D eigenvalue weighted by Gasteiger charge is 2.38. The SMILES string of the molecule is Cc1cccc(N/C=C2\C(=O)C(O)=C(C(C)C)c3cc(C)c(-c4c(C)cc5c(c4O)/C(=C/Nc4cccc(C)c4C)C(=O)C(O)=C5C(C)C)c(O)c32)c1C. The molecule has 0 radical (unpaired) electrons. The van der Waals surface area contributed by atoms with E-state index in [0.717, 1.165) is 33.6 Å². The molecule has 0 atom stereocenters. The number of Topliss-reactive ketones (excluding diaryl/α,β-unsaturated/α-hetero) is 2. The van der Waals surface area contributed by atoms with Crippen LogP contribution in [-0.2, 0) is 9.59 Å². The Labute approximate surface area is 316 Å². The first-order chi connectivity index (χ1) is 25.5. The number of hydrogen-bond donors (Lipinski definition) is 6. The van der Waals surface area contributed by atoms with Gasteiger partial charge in [0.25, 0.3) is 0 Å². The molecule has 54 heavy (non-hydrogen) atoms. The summed E-state index contributed by atoms with van der Waals surface area (Å²) in [5.74, 6) is -3.08. The number of phenolic OH excluding ortho intramolecular Hbond substituents is 2. The minimum atomic E-state index is -0.643. The van der Waals surface area contributed by atoms with Crippen LogP contribution in [0.15, 0.2) is 72.4 Å². The number of aromatic hydroxyl groups is 2. The largest absolute Gasteiger partial charge is 0.507 e. The standard InChI is InChI=1S/C46H48N2O6/c1-21(2)35-29-17-25(7)37(43(51)39(29)31(41(49)45(35)53)19-47-33-15-11-13-23(5)27(33)9)38-26(8)18-30-36(22(3)4)46(54)42(50)32(40(30)44(38)52)20-48-34-16-12-14-24(6)28(34)10/h11-22,47-48,51-54H,1-10H3/b31-19-,32-20-. The van der Waals surface area contributed by atoms with Gasteiger partial charge in [0, 0.05) is 57.2 Å². The topological polar surface area (TPSA) is 139 Å². The monoisotopic (exact) mass is 724 g/mol. The fourth-order valence-corrected chi connectivity index (χ4v) is 7.74. The third-order valence-corrected chi connectivity index (χ3v) is 10.9. The van der Waals surface area contributed by atoms with Gasteiger partial charge in [0.15, 0.2) is 11.5 Å². The molecule has 0 bridgehead atoms. The molecule has 0 aliphatic heterocycles. The van der Waals surface area contributed by atoms with Gasteiger partial charge in [-0.05, 0) is 110 Å². The predicted molar refractivity (Wildman–Crippen MR) is 219 cm³/mol. The molecule has 0 saturated heterocycles. The maximum atomic E-state index is 14.0. The summed E-state index contributed by atoms with van der Waals surface area (Å²) in [5, 5.41) is 53.9. The van der Waals surface area contributed by atoms with Crippen LogP contribution in [0.25, 0.3) is 33.4 Å². The van der Waals surface area contributed by atoms with Crippen molar-refractivity contribution in [1.29, 1.82) is 0 Å². The molecule has 8 nitrogen and oxygen atoms in total. The zero-order valence-corrected chi connectivity index (χ0v) is 32.5. The summed E-state index contributed by atoms with van der Waals surface area (Å²) in [5.41, 5.74) is 9.71. The van der Waals surface area contributed by atoms with Gasteiger partial charge in [-0.15, -0.1) is 0 Å². The first-order valence-electron chi connectivity index (χ1n) is 18.2. The lowest BCUT2D eigenvalue weighted by atomic mass is 9.75. The van der Waals surface area contributed by atoms with Crippen molar-refractivity contribution >= 4 is 45.2 Å². The molecule has 6 rings (SSSR count). The van der Waals surface area contributed by atoms with Gasteiger partial charge in [-0.3, -0.25) is 9.59 Å². The highest BCUT2D eigenvalue weighted by Crippen LogP contribution is 2.53. The number of carbonyl (C=O) groups is 2. The van der Waals surface area contributed by atoms with Crippen LogP contribution >= 0.6 is 0 Å². The summed E-state index contributed by atoms with van der Waals surface area (Å²) in [4.78, 5) is 27.9. The maximum Gasteiger partial charge on any atom is 0.229 e. The molecule has 278 valence electrons. The van der Waals surface area contributed by atoms with E-state index < -0.39 is 11.6 Å². The number of aliphatic hydroxyl groups is 2. The highest BCUT2D eigenvalue weighted by atomic mass is 16.3. The van der Waals surface area contributed by atoms with Gasteiger partial charge in [0.2, 0.25) is 11.6 Å². The fraction of sp³-hybridized carbons (Fsp3) is 0.261. The van der Waals surface area contributed by atoms with Crippen LogP contribution in [0.2, 0.25) is 0 Å². The molecule has 2 aliphatic rings. The van der Waals surface area contributed by atoms with E-state index in [1.165, 1.54) is 12.4 Å². The van der Waals surface area contributed by atoms with Crippen LogP contribution in [0.1, 0.15) is 83.3 Å². The van der Waals surface area contributed by atoms with E-state index in [2.05, 4.69) is 10.6 Å². The van der Waals surface area contributed by atoms with Crippen LogP contribution in [0, 0.1) is 53.4 Å². The van der Waals surface area contributed by atoms with Crippen LogP contribution in [-0.4, -0.2) is 32.0 Å². The number of benzene rings is 4. The van der Waals surface area contributed by atoms with E-state index in [4.69, 9.17) is 0 Å². The van der Waals surface area contributed by atoms with E-state index in [0.29, 0.717) is 33.4 Å². The minimum Gasteiger partial charge on any atom is -0.507 e. The van der Waals surface area contributed by atoms with Crippen LogP contribution < -0.4 is 10.6 Å². The van der Waals surface area contributed by atoms with E-state index in [9.17, 15) is 30.0 Å². The minimum absolute atomic E-state index is 0.0603. The molecule has 0 aromatic heterocycles. The van der Waals surface area contributed by atoms with Crippen molar-refractivity contribution in [2.24, 2.45) is 11.8 Å². The average molecular weight is 725 g/mol. The lowest BCUT2D eigenvalue weighted by Crippen LogP contribution is -2.20. The summed E-state index contributed by atoms with van der Waals surface area (Å²) in [6.45, 7) is 19.0. The van der Waals surface area contributed by atoms with Crippen molar-refractivity contribution in [2.45, 2.75) is 69.2 Å². The molecule has 0 amide bonds. The number of carbonyl (C=O) groups excluding carboxylic acids is 2. The number of phenols is 2. The number of aryl methyl sites for hydroxylation is 4. The first kappa shape index (κ1) is 37.7. The number of aliphatic hydroxyl groups excluding tert-OH is 2. The molecular formula is C46H48N2O6. The molecule has 4 aromatic carbocycles. The summed E-state index contributed by atoms with van der Waals surface area (Å²) in [6, 6.07) is 15.2. The van der Waals surface area contributed by atoms with Crippen LogP contribution in [0.3, 0.4) is 0 Å². The summed E-state index contributed by atoms with van der Waals surface area (Å²) in [7, 11) is 0. The van der Waals surface area contributed by atoms with Gasteiger partial charge in [-0.2, -0.15) is 0 Å². The summed E-state index contributed by atoms with van der Waals surface area (Å²) in [6.07, 6.45) is 3.02. The van der Waals surface area contributed by atoms with E-state index in [-0.39, 0.29) is 68.3 Å². The Morgan fingerprint density at radius 3 is 1.20 bits per heavy atom. The van der Waals surface area contributed by atoms with E-state index in [1.807, 2.05) is 104 Å². The van der Waals surface area contributed by atoms with Gasteiger partial charge in [0.1, 0.15) is 11.5 Å². The Bertz CT molecular complexity index is 2250. The third-order valence-electron chi connectivity index (χ3n) is 10.9. The lowest BCUT2D eigenvalue weighted by Gasteiger charge is -2.29. The summed E-state index contributed by atoms with van der Waals surface area (Å²) >= 11 is 0. The Morgan fingerprint density at radius 1 is 0.519 bits per heavy atom. The van der Waals surface area contributed by atoms with Crippen LogP contribution in [0.4, 0.5) is 11.4 Å². The predicted octanol–water partition coefficient (Wildman–Crippen LogP) is 10.5. The summed E-state index contributed by atoms with van der Waals surface area (Å²) < 4.78 is 0. The second-order valence-corrected chi connectivity index (χ2v) is 15.1. The van der Waals surface area contributed by atoms with Gasteiger partial charge >= 0.3 is 0 Å². The molecule has 4 aromatic rings. The highest BCUT2D eigenvalue weighted by molar-refractivity contribution is 6.35. The van der Waals surface area contributed by atoms with Crippen molar-refractivity contribution in [3.8, 4) is 22.6 Å². The van der Waals surface area contributed by atoms with Gasteiger partial charge in [0.05, 0.1) is 11.1 Å². The molecule has 0 unspecified atom stereocenters. The number of allylic oxidation sites excluding steroid dienone is 4.